The fraction of sp³-hybridized carbons (Fsp3) is 0.250. The van der Waals surface area contributed by atoms with Gasteiger partial charge in [-0.2, -0.15) is 0 Å². The highest BCUT2D eigenvalue weighted by molar-refractivity contribution is 5.87. The minimum Gasteiger partial charge on any atom is -0.0798 e. The molecule has 0 amide bonds. The van der Waals surface area contributed by atoms with Crippen LogP contribution >= 0.6 is 0 Å². The molecule has 0 aliphatic rings. The summed E-state index contributed by atoms with van der Waals surface area (Å²) in [5.41, 5.74) is 2.74. The summed E-state index contributed by atoms with van der Waals surface area (Å²) in [6.45, 7) is 8.67. The van der Waals surface area contributed by atoms with Crippen LogP contribution in [0.25, 0.3) is 22.4 Å². The Labute approximate surface area is 96.9 Å². The van der Waals surface area contributed by atoms with Crippen LogP contribution in [0.2, 0.25) is 0 Å². The number of aryl methyl sites for hydroxylation is 1. The van der Waals surface area contributed by atoms with Gasteiger partial charge in [0.05, 0.1) is 0 Å². The Balaban J connectivity index is 3.21. The number of rotatable bonds is 0. The maximum atomic E-state index is 2.21. The van der Waals surface area contributed by atoms with Gasteiger partial charge in [0.15, 0.2) is 0 Å². The zero-order valence-corrected chi connectivity index (χ0v) is 10.5. The van der Waals surface area contributed by atoms with Gasteiger partial charge in [-0.3, -0.25) is 0 Å². The van der Waals surface area contributed by atoms with Crippen LogP contribution < -0.4 is 10.4 Å². The summed E-state index contributed by atoms with van der Waals surface area (Å²) in [6.07, 6.45) is 2.19. The summed E-state index contributed by atoms with van der Waals surface area (Å²) >= 11 is 0. The lowest BCUT2D eigenvalue weighted by atomic mass is 9.99. The highest BCUT2D eigenvalue weighted by Gasteiger charge is 2.00. The van der Waals surface area contributed by atoms with Gasteiger partial charge in [-0.15, -0.1) is 0 Å². The maximum absolute atomic E-state index is 2.21. The van der Waals surface area contributed by atoms with Crippen molar-refractivity contribution in [2.45, 2.75) is 27.7 Å². The molecule has 2 aromatic carbocycles. The molecule has 0 bridgehead atoms. The summed E-state index contributed by atoms with van der Waals surface area (Å²) in [5.74, 6) is 0. The minimum absolute atomic E-state index is 1.34. The lowest BCUT2D eigenvalue weighted by Gasteiger charge is -2.05. The molecule has 0 atom stereocenters. The van der Waals surface area contributed by atoms with Gasteiger partial charge in [0.1, 0.15) is 0 Å². The zero-order valence-electron chi connectivity index (χ0n) is 10.5. The predicted molar refractivity (Wildman–Crippen MR) is 72.8 cm³/mol. The SMILES string of the molecule is C/C=c1/ccc2cccc(C)c2c1=C(C)C. The molecule has 0 aliphatic heterocycles. The summed E-state index contributed by atoms with van der Waals surface area (Å²) in [5, 5.41) is 5.47. The van der Waals surface area contributed by atoms with E-state index in [1.807, 2.05) is 0 Å². The Morgan fingerprint density at radius 3 is 2.44 bits per heavy atom. The molecule has 0 heteroatoms. The standard InChI is InChI=1S/C16H18/c1-5-13-9-10-14-8-6-7-12(4)16(14)15(13)11(2)3/h5-10H,1-4H3/b13-5-. The Hall–Kier alpha value is -1.56. The summed E-state index contributed by atoms with van der Waals surface area (Å²) in [4.78, 5) is 0. The van der Waals surface area contributed by atoms with Crippen LogP contribution in [0.3, 0.4) is 0 Å². The number of benzene rings is 2. The predicted octanol–water partition coefficient (Wildman–Crippen LogP) is 3.14. The van der Waals surface area contributed by atoms with Gasteiger partial charge in [0, 0.05) is 0 Å². The normalized spacial score (nSPS) is 12.1. The average Bonchev–Trinajstić information content (AvgIpc) is 2.27. The van der Waals surface area contributed by atoms with Gasteiger partial charge in [0.25, 0.3) is 0 Å². The summed E-state index contributed by atoms with van der Waals surface area (Å²) in [7, 11) is 0. The third kappa shape index (κ3) is 1.65. The first kappa shape index (κ1) is 10.9. The monoisotopic (exact) mass is 210 g/mol. The van der Waals surface area contributed by atoms with Crippen LogP contribution in [0, 0.1) is 6.92 Å². The van der Waals surface area contributed by atoms with E-state index in [4.69, 9.17) is 0 Å². The smallest absolute Gasteiger partial charge is 0.00769 e. The van der Waals surface area contributed by atoms with Crippen LogP contribution in [0.4, 0.5) is 0 Å². The van der Waals surface area contributed by atoms with Crippen molar-refractivity contribution in [3.8, 4) is 0 Å². The van der Waals surface area contributed by atoms with Crippen molar-refractivity contribution in [1.29, 1.82) is 0 Å². The van der Waals surface area contributed by atoms with E-state index in [9.17, 15) is 0 Å². The lowest BCUT2D eigenvalue weighted by molar-refractivity contribution is 1.43. The molecule has 0 saturated carbocycles. The minimum atomic E-state index is 1.34. The van der Waals surface area contributed by atoms with Gasteiger partial charge in [-0.1, -0.05) is 42.0 Å². The first-order valence-electron chi connectivity index (χ1n) is 5.77. The molecule has 0 spiro atoms. The van der Waals surface area contributed by atoms with Crippen molar-refractivity contribution in [3.05, 3.63) is 46.3 Å². The molecule has 82 valence electrons. The van der Waals surface area contributed by atoms with Gasteiger partial charge in [-0.25, -0.2) is 0 Å². The van der Waals surface area contributed by atoms with Crippen molar-refractivity contribution in [2.24, 2.45) is 0 Å². The fourth-order valence-electron chi connectivity index (χ4n) is 2.36. The molecule has 0 heterocycles. The second kappa shape index (κ2) is 4.13. The van der Waals surface area contributed by atoms with Crippen molar-refractivity contribution in [2.75, 3.05) is 0 Å². The molecule has 0 aromatic heterocycles. The highest BCUT2D eigenvalue weighted by Crippen LogP contribution is 2.13. The Bertz CT molecular complexity index is 642. The van der Waals surface area contributed by atoms with Gasteiger partial charge in [0.2, 0.25) is 0 Å². The van der Waals surface area contributed by atoms with Crippen LogP contribution in [0.5, 0.6) is 0 Å². The Morgan fingerprint density at radius 2 is 1.81 bits per heavy atom. The Morgan fingerprint density at radius 1 is 1.06 bits per heavy atom. The van der Waals surface area contributed by atoms with E-state index >= 15 is 0 Å². The van der Waals surface area contributed by atoms with Crippen molar-refractivity contribution in [1.82, 2.24) is 0 Å². The molecule has 0 fully saturated rings. The third-order valence-electron chi connectivity index (χ3n) is 3.10. The van der Waals surface area contributed by atoms with Crippen molar-refractivity contribution < 1.29 is 0 Å². The highest BCUT2D eigenvalue weighted by atomic mass is 14.0. The molecule has 2 rings (SSSR count). The van der Waals surface area contributed by atoms with E-state index in [-0.39, 0.29) is 0 Å². The topological polar surface area (TPSA) is 0 Å². The van der Waals surface area contributed by atoms with Gasteiger partial charge < -0.3 is 0 Å². The van der Waals surface area contributed by atoms with Crippen LogP contribution in [0.15, 0.2) is 30.3 Å². The summed E-state index contributed by atoms with van der Waals surface area (Å²) in [6, 6.07) is 10.9. The van der Waals surface area contributed by atoms with E-state index in [2.05, 4.69) is 64.1 Å². The van der Waals surface area contributed by atoms with E-state index in [0.717, 1.165) is 0 Å². The van der Waals surface area contributed by atoms with E-state index in [0.29, 0.717) is 0 Å². The molecule has 0 saturated heterocycles. The van der Waals surface area contributed by atoms with E-state index < -0.39 is 0 Å². The van der Waals surface area contributed by atoms with E-state index in [1.165, 1.54) is 32.3 Å². The van der Waals surface area contributed by atoms with Gasteiger partial charge >= 0.3 is 0 Å². The first-order valence-corrected chi connectivity index (χ1v) is 5.77. The second-order valence-electron chi connectivity index (χ2n) is 4.49. The first-order chi connectivity index (χ1) is 7.65. The molecule has 0 nitrogen and oxygen atoms in total. The number of hydrogen-bond donors (Lipinski definition) is 0. The van der Waals surface area contributed by atoms with Crippen LogP contribution in [-0.4, -0.2) is 0 Å². The van der Waals surface area contributed by atoms with Crippen LogP contribution in [-0.2, 0) is 0 Å². The second-order valence-corrected chi connectivity index (χ2v) is 4.49. The molecule has 0 radical (unpaired) electrons. The molecule has 0 unspecified atom stereocenters. The average molecular weight is 210 g/mol. The molecule has 0 aliphatic carbocycles. The van der Waals surface area contributed by atoms with Gasteiger partial charge in [-0.05, 0) is 54.5 Å². The van der Waals surface area contributed by atoms with Crippen molar-refractivity contribution >= 4 is 22.4 Å². The van der Waals surface area contributed by atoms with Crippen LogP contribution in [0.1, 0.15) is 26.3 Å². The van der Waals surface area contributed by atoms with E-state index in [1.54, 1.807) is 0 Å². The molecular weight excluding hydrogens is 192 g/mol. The summed E-state index contributed by atoms with van der Waals surface area (Å²) < 4.78 is 0. The Kier molecular flexibility index (Phi) is 2.82. The molecular formula is C16H18. The maximum Gasteiger partial charge on any atom is -0.00769 e. The molecule has 2 aromatic rings. The van der Waals surface area contributed by atoms with Crippen molar-refractivity contribution in [3.63, 3.8) is 0 Å². The largest absolute Gasteiger partial charge is 0.0798 e. The molecule has 0 N–H and O–H groups in total. The third-order valence-corrected chi connectivity index (χ3v) is 3.10. The quantitative estimate of drug-likeness (QED) is 0.626. The fourth-order valence-corrected chi connectivity index (χ4v) is 2.36. The number of hydrogen-bond acceptors (Lipinski definition) is 0. The molecule has 16 heavy (non-hydrogen) atoms. The zero-order chi connectivity index (χ0) is 11.7. The lowest BCUT2D eigenvalue weighted by Crippen LogP contribution is -2.27. The number of fused-ring (bicyclic) bond motifs is 1.